The molecule has 0 atom stereocenters. The zero-order valence-corrected chi connectivity index (χ0v) is 9.84. The van der Waals surface area contributed by atoms with E-state index in [9.17, 15) is 0 Å². The van der Waals surface area contributed by atoms with Gasteiger partial charge in [0.25, 0.3) is 0 Å². The van der Waals surface area contributed by atoms with Crippen LogP contribution < -0.4 is 5.32 Å². The first-order valence-corrected chi connectivity index (χ1v) is 6.28. The van der Waals surface area contributed by atoms with Gasteiger partial charge < -0.3 is 5.32 Å². The number of nitrogens with one attached hydrogen (secondary N) is 1. The molecular formula is C16H17N. The van der Waals surface area contributed by atoms with Crippen LogP contribution in [0.15, 0.2) is 60.7 Å². The summed E-state index contributed by atoms with van der Waals surface area (Å²) in [7, 11) is 0. The van der Waals surface area contributed by atoms with Gasteiger partial charge >= 0.3 is 0 Å². The second-order valence-corrected chi connectivity index (χ2v) is 4.79. The first-order valence-electron chi connectivity index (χ1n) is 6.28. The summed E-state index contributed by atoms with van der Waals surface area (Å²) < 4.78 is 0. The maximum absolute atomic E-state index is 3.58. The van der Waals surface area contributed by atoms with Crippen molar-refractivity contribution >= 4 is 5.69 Å². The lowest BCUT2D eigenvalue weighted by molar-refractivity contribution is 0.374. The highest BCUT2D eigenvalue weighted by Crippen LogP contribution is 2.38. The van der Waals surface area contributed by atoms with E-state index >= 15 is 0 Å². The van der Waals surface area contributed by atoms with Crippen molar-refractivity contribution in [1.82, 2.24) is 0 Å². The Morgan fingerprint density at radius 3 is 2.00 bits per heavy atom. The Kier molecular flexibility index (Phi) is 2.83. The van der Waals surface area contributed by atoms with Gasteiger partial charge in [0.1, 0.15) is 0 Å². The fourth-order valence-electron chi connectivity index (χ4n) is 2.50. The Balaban J connectivity index is 1.56. The summed E-state index contributed by atoms with van der Waals surface area (Å²) in [6, 6.07) is 22.0. The van der Waals surface area contributed by atoms with Crippen molar-refractivity contribution in [3.8, 4) is 0 Å². The number of rotatable bonds is 3. The minimum Gasteiger partial charge on any atom is -0.382 e. The van der Waals surface area contributed by atoms with Crippen LogP contribution in [0.1, 0.15) is 24.3 Å². The summed E-state index contributed by atoms with van der Waals surface area (Å²) in [5, 5.41) is 3.58. The zero-order chi connectivity index (χ0) is 11.5. The van der Waals surface area contributed by atoms with Crippen LogP contribution in [0.4, 0.5) is 5.69 Å². The Bertz CT molecular complexity index is 457. The van der Waals surface area contributed by atoms with E-state index in [1.165, 1.54) is 24.1 Å². The molecule has 17 heavy (non-hydrogen) atoms. The van der Waals surface area contributed by atoms with Crippen LogP contribution >= 0.6 is 0 Å². The minimum absolute atomic E-state index is 0.641. The Hall–Kier alpha value is -1.76. The largest absolute Gasteiger partial charge is 0.382 e. The Morgan fingerprint density at radius 1 is 0.765 bits per heavy atom. The second-order valence-electron chi connectivity index (χ2n) is 4.79. The second kappa shape index (κ2) is 4.62. The molecule has 0 spiro atoms. The highest BCUT2D eigenvalue weighted by Gasteiger charge is 2.29. The predicted molar refractivity (Wildman–Crippen MR) is 72.3 cm³/mol. The van der Waals surface area contributed by atoms with Crippen LogP contribution in [-0.2, 0) is 0 Å². The fraction of sp³-hybridized carbons (Fsp3) is 0.250. The van der Waals surface area contributed by atoms with Gasteiger partial charge in [0, 0.05) is 11.7 Å². The van der Waals surface area contributed by atoms with E-state index in [1.54, 1.807) is 0 Å². The normalized spacial score (nSPS) is 22.8. The Labute approximate surface area is 102 Å². The monoisotopic (exact) mass is 223 g/mol. The number of para-hydroxylation sites is 1. The van der Waals surface area contributed by atoms with Crippen molar-refractivity contribution in [1.29, 1.82) is 0 Å². The summed E-state index contributed by atoms with van der Waals surface area (Å²) in [6.07, 6.45) is 2.50. The molecule has 0 saturated heterocycles. The van der Waals surface area contributed by atoms with Gasteiger partial charge in [0.05, 0.1) is 0 Å². The van der Waals surface area contributed by atoms with E-state index < -0.39 is 0 Å². The standard InChI is InChI=1S/C16H17N/c1-3-7-13(8-4-1)14-11-16(12-14)17-15-9-5-2-6-10-15/h1-10,14,16-17H,11-12H2. The van der Waals surface area contributed by atoms with Crippen molar-refractivity contribution in [2.24, 2.45) is 0 Å². The van der Waals surface area contributed by atoms with Gasteiger partial charge in [0.15, 0.2) is 0 Å². The molecule has 0 radical (unpaired) electrons. The van der Waals surface area contributed by atoms with Gasteiger partial charge in [-0.05, 0) is 36.5 Å². The maximum Gasteiger partial charge on any atom is 0.0342 e. The van der Waals surface area contributed by atoms with E-state index in [2.05, 4.69) is 66.0 Å². The predicted octanol–water partition coefficient (Wildman–Crippen LogP) is 4.04. The first-order chi connectivity index (χ1) is 8.42. The van der Waals surface area contributed by atoms with Crippen LogP contribution in [0.2, 0.25) is 0 Å². The molecule has 1 fully saturated rings. The van der Waals surface area contributed by atoms with Crippen LogP contribution in [0.5, 0.6) is 0 Å². The number of benzene rings is 2. The van der Waals surface area contributed by atoms with E-state index in [0.717, 1.165) is 5.92 Å². The number of hydrogen-bond donors (Lipinski definition) is 1. The van der Waals surface area contributed by atoms with Crippen LogP contribution in [-0.4, -0.2) is 6.04 Å². The van der Waals surface area contributed by atoms with Crippen molar-refractivity contribution in [3.63, 3.8) is 0 Å². The molecule has 1 aliphatic rings. The molecule has 0 heterocycles. The van der Waals surface area contributed by atoms with Gasteiger partial charge in [-0.1, -0.05) is 48.5 Å². The molecule has 2 aromatic carbocycles. The first kappa shape index (κ1) is 10.4. The molecule has 1 N–H and O–H groups in total. The molecule has 1 nitrogen and oxygen atoms in total. The average Bonchev–Trinajstić information content (AvgIpc) is 2.36. The molecule has 1 aliphatic carbocycles. The lowest BCUT2D eigenvalue weighted by Gasteiger charge is -2.36. The average molecular weight is 223 g/mol. The summed E-state index contributed by atoms with van der Waals surface area (Å²) in [4.78, 5) is 0. The van der Waals surface area contributed by atoms with Gasteiger partial charge in [-0.15, -0.1) is 0 Å². The van der Waals surface area contributed by atoms with Gasteiger partial charge in [0.2, 0.25) is 0 Å². The van der Waals surface area contributed by atoms with Crippen molar-refractivity contribution in [3.05, 3.63) is 66.2 Å². The Morgan fingerprint density at radius 2 is 1.35 bits per heavy atom. The van der Waals surface area contributed by atoms with E-state index in [0.29, 0.717) is 6.04 Å². The number of hydrogen-bond acceptors (Lipinski definition) is 1. The van der Waals surface area contributed by atoms with Gasteiger partial charge in [-0.2, -0.15) is 0 Å². The van der Waals surface area contributed by atoms with Crippen LogP contribution in [0.25, 0.3) is 0 Å². The summed E-state index contributed by atoms with van der Waals surface area (Å²) >= 11 is 0. The fourth-order valence-corrected chi connectivity index (χ4v) is 2.50. The smallest absolute Gasteiger partial charge is 0.0342 e. The van der Waals surface area contributed by atoms with Crippen molar-refractivity contribution in [2.45, 2.75) is 24.8 Å². The lowest BCUT2D eigenvalue weighted by atomic mass is 9.76. The quantitative estimate of drug-likeness (QED) is 0.828. The zero-order valence-electron chi connectivity index (χ0n) is 9.84. The van der Waals surface area contributed by atoms with Gasteiger partial charge in [-0.25, -0.2) is 0 Å². The van der Waals surface area contributed by atoms with Crippen LogP contribution in [0.3, 0.4) is 0 Å². The lowest BCUT2D eigenvalue weighted by Crippen LogP contribution is -2.33. The number of anilines is 1. The topological polar surface area (TPSA) is 12.0 Å². The maximum atomic E-state index is 3.58. The molecular weight excluding hydrogens is 206 g/mol. The third-order valence-corrected chi connectivity index (χ3v) is 3.55. The van der Waals surface area contributed by atoms with Crippen molar-refractivity contribution in [2.75, 3.05) is 5.32 Å². The van der Waals surface area contributed by atoms with Crippen LogP contribution in [0, 0.1) is 0 Å². The molecule has 1 saturated carbocycles. The highest BCUT2D eigenvalue weighted by atomic mass is 14.9. The molecule has 0 aromatic heterocycles. The molecule has 86 valence electrons. The summed E-state index contributed by atoms with van der Waals surface area (Å²) in [5.74, 6) is 0.748. The van der Waals surface area contributed by atoms with Gasteiger partial charge in [-0.3, -0.25) is 0 Å². The minimum atomic E-state index is 0.641. The molecule has 0 aliphatic heterocycles. The summed E-state index contributed by atoms with van der Waals surface area (Å²) in [6.45, 7) is 0. The molecule has 1 heteroatoms. The van der Waals surface area contributed by atoms with Crippen molar-refractivity contribution < 1.29 is 0 Å². The molecule has 0 bridgehead atoms. The molecule has 0 unspecified atom stereocenters. The SMILES string of the molecule is c1ccc(NC2CC(c3ccccc3)C2)cc1. The van der Waals surface area contributed by atoms with E-state index in [4.69, 9.17) is 0 Å². The molecule has 0 amide bonds. The summed E-state index contributed by atoms with van der Waals surface area (Å²) in [5.41, 5.74) is 2.72. The third kappa shape index (κ3) is 2.33. The highest BCUT2D eigenvalue weighted by molar-refractivity contribution is 5.44. The molecule has 2 aromatic rings. The third-order valence-electron chi connectivity index (χ3n) is 3.55. The van der Waals surface area contributed by atoms with E-state index in [1.807, 2.05) is 0 Å². The van der Waals surface area contributed by atoms with E-state index in [-0.39, 0.29) is 0 Å². The molecule has 3 rings (SSSR count).